The molecule has 0 aliphatic heterocycles. The molecule has 2 rings (SSSR count). The summed E-state index contributed by atoms with van der Waals surface area (Å²) in [6.07, 6.45) is 6.18. The average molecular weight is 359 g/mol. The highest BCUT2D eigenvalue weighted by molar-refractivity contribution is 5.95. The number of nitrogens with one attached hydrogen (secondary N) is 3. The van der Waals surface area contributed by atoms with E-state index in [0.29, 0.717) is 17.9 Å². The van der Waals surface area contributed by atoms with Crippen molar-refractivity contribution >= 4 is 23.3 Å². The van der Waals surface area contributed by atoms with Gasteiger partial charge in [0.25, 0.3) is 0 Å². The predicted octanol–water partition coefficient (Wildman–Crippen LogP) is 2.55. The molecule has 0 saturated heterocycles. The third kappa shape index (κ3) is 5.59. The lowest BCUT2D eigenvalue weighted by atomic mass is 10.1. The van der Waals surface area contributed by atoms with E-state index in [2.05, 4.69) is 27.9 Å². The smallest absolute Gasteiger partial charge is 0.319 e. The molecular weight excluding hydrogens is 334 g/mol. The van der Waals surface area contributed by atoms with Gasteiger partial charge in [0.1, 0.15) is 6.61 Å². The van der Waals surface area contributed by atoms with Crippen molar-refractivity contribution in [1.82, 2.24) is 14.9 Å². The molecule has 0 radical (unpaired) electrons. The van der Waals surface area contributed by atoms with Crippen LogP contribution in [0, 0.1) is 6.92 Å². The summed E-state index contributed by atoms with van der Waals surface area (Å²) in [7, 11) is 1.46. The fourth-order valence-corrected chi connectivity index (χ4v) is 2.46. The van der Waals surface area contributed by atoms with Crippen molar-refractivity contribution in [2.24, 2.45) is 0 Å². The van der Waals surface area contributed by atoms with Gasteiger partial charge in [-0.05, 0) is 38.0 Å². The zero-order valence-corrected chi connectivity index (χ0v) is 15.3. The molecule has 0 aliphatic carbocycles. The van der Waals surface area contributed by atoms with Gasteiger partial charge >= 0.3 is 6.03 Å². The van der Waals surface area contributed by atoms with Crippen molar-refractivity contribution in [2.45, 2.75) is 26.3 Å². The summed E-state index contributed by atoms with van der Waals surface area (Å²) in [6, 6.07) is 5.30. The molecule has 3 N–H and O–H groups in total. The summed E-state index contributed by atoms with van der Waals surface area (Å²) < 4.78 is 6.80. The average Bonchev–Trinajstić information content (AvgIpc) is 3.13. The van der Waals surface area contributed by atoms with Gasteiger partial charge in [0.2, 0.25) is 5.91 Å². The number of hydrogen-bond donors (Lipinski definition) is 3. The van der Waals surface area contributed by atoms with Gasteiger partial charge in [0.15, 0.2) is 0 Å². The molecule has 0 unspecified atom stereocenters. The van der Waals surface area contributed by atoms with E-state index in [9.17, 15) is 9.59 Å². The molecule has 2 aromatic rings. The van der Waals surface area contributed by atoms with Gasteiger partial charge < -0.3 is 25.3 Å². The molecule has 0 spiro atoms. The highest BCUT2D eigenvalue weighted by Gasteiger charge is 2.10. The Morgan fingerprint density at radius 3 is 2.65 bits per heavy atom. The largest absolute Gasteiger partial charge is 0.375 e. The van der Waals surface area contributed by atoms with Gasteiger partial charge in [-0.15, -0.1) is 0 Å². The van der Waals surface area contributed by atoms with E-state index in [1.54, 1.807) is 30.7 Å². The SMILES string of the molecule is COCC(=O)Nc1cccc(NC(=O)NCC[C@H](C)n2ccnc2)c1C. The molecule has 0 aliphatic rings. The maximum absolute atomic E-state index is 12.1. The van der Waals surface area contributed by atoms with Crippen LogP contribution in [0.25, 0.3) is 0 Å². The molecule has 1 heterocycles. The Kier molecular flexibility index (Phi) is 7.16. The topological polar surface area (TPSA) is 97.3 Å². The first-order chi connectivity index (χ1) is 12.5. The Labute approximate surface area is 152 Å². The number of amides is 3. The second-order valence-electron chi connectivity index (χ2n) is 5.99. The summed E-state index contributed by atoms with van der Waals surface area (Å²) in [5.74, 6) is -0.245. The van der Waals surface area contributed by atoms with Crippen molar-refractivity contribution in [3.8, 4) is 0 Å². The Morgan fingerprint density at radius 2 is 2.00 bits per heavy atom. The number of carbonyl (C=O) groups is 2. The Hall–Kier alpha value is -2.87. The number of urea groups is 1. The van der Waals surface area contributed by atoms with Crippen molar-refractivity contribution in [3.05, 3.63) is 42.5 Å². The zero-order valence-electron chi connectivity index (χ0n) is 15.3. The lowest BCUT2D eigenvalue weighted by molar-refractivity contribution is -0.119. The molecule has 1 aromatic heterocycles. The highest BCUT2D eigenvalue weighted by atomic mass is 16.5. The molecule has 3 amide bonds. The number of nitrogens with zero attached hydrogens (tertiary/aromatic N) is 2. The third-order valence-corrected chi connectivity index (χ3v) is 4.01. The maximum Gasteiger partial charge on any atom is 0.319 e. The Balaban J connectivity index is 1.85. The fourth-order valence-electron chi connectivity index (χ4n) is 2.46. The standard InChI is InChI=1S/C18H25N5O3/c1-13(23-10-9-19-12-23)7-8-20-18(25)22-16-6-4-5-15(14(16)2)21-17(24)11-26-3/h4-6,9-10,12-13H,7-8,11H2,1-3H3,(H,21,24)(H2,20,22,25)/t13-/m0/s1. The number of benzene rings is 1. The van der Waals surface area contributed by atoms with Gasteiger partial charge in [0.05, 0.1) is 6.33 Å². The zero-order chi connectivity index (χ0) is 18.9. The van der Waals surface area contributed by atoms with Crippen molar-refractivity contribution in [2.75, 3.05) is 30.9 Å². The second-order valence-corrected chi connectivity index (χ2v) is 5.99. The molecule has 1 atom stereocenters. The van der Waals surface area contributed by atoms with Crippen molar-refractivity contribution in [1.29, 1.82) is 0 Å². The summed E-state index contributed by atoms with van der Waals surface area (Å²) in [5, 5.41) is 8.41. The van der Waals surface area contributed by atoms with Crippen LogP contribution in [0.5, 0.6) is 0 Å². The van der Waals surface area contributed by atoms with Crippen molar-refractivity contribution in [3.63, 3.8) is 0 Å². The number of anilines is 2. The Bertz CT molecular complexity index is 730. The van der Waals surface area contributed by atoms with E-state index in [4.69, 9.17) is 4.74 Å². The highest BCUT2D eigenvalue weighted by Crippen LogP contribution is 2.23. The number of hydrogen-bond acceptors (Lipinski definition) is 4. The molecule has 1 aromatic carbocycles. The van der Waals surface area contributed by atoms with Crippen LogP contribution < -0.4 is 16.0 Å². The minimum atomic E-state index is -0.286. The van der Waals surface area contributed by atoms with E-state index in [-0.39, 0.29) is 24.6 Å². The van der Waals surface area contributed by atoms with E-state index in [1.807, 2.05) is 17.7 Å². The molecule has 8 heteroatoms. The van der Waals surface area contributed by atoms with Gasteiger partial charge in [-0.3, -0.25) is 4.79 Å². The predicted molar refractivity (Wildman–Crippen MR) is 100 cm³/mol. The van der Waals surface area contributed by atoms with Crippen LogP contribution in [0.2, 0.25) is 0 Å². The maximum atomic E-state index is 12.1. The first kappa shape index (κ1) is 19.5. The second kappa shape index (κ2) is 9.57. The lowest BCUT2D eigenvalue weighted by Gasteiger charge is -2.15. The summed E-state index contributed by atoms with van der Waals surface area (Å²) in [6.45, 7) is 4.41. The quantitative estimate of drug-likeness (QED) is 0.675. The van der Waals surface area contributed by atoms with E-state index in [1.165, 1.54) is 7.11 Å². The normalized spacial score (nSPS) is 11.7. The molecule has 0 fully saturated rings. The number of aromatic nitrogens is 2. The van der Waals surface area contributed by atoms with Crippen LogP contribution in [0.15, 0.2) is 36.9 Å². The van der Waals surface area contributed by atoms with Crippen LogP contribution in [0.3, 0.4) is 0 Å². The van der Waals surface area contributed by atoms with Crippen LogP contribution in [-0.2, 0) is 9.53 Å². The molecule has 0 saturated carbocycles. The monoisotopic (exact) mass is 359 g/mol. The third-order valence-electron chi connectivity index (χ3n) is 4.01. The van der Waals surface area contributed by atoms with E-state index < -0.39 is 0 Å². The summed E-state index contributed by atoms with van der Waals surface area (Å²) in [5.41, 5.74) is 2.05. The first-order valence-electron chi connectivity index (χ1n) is 8.42. The van der Waals surface area contributed by atoms with Gasteiger partial charge in [-0.25, -0.2) is 9.78 Å². The van der Waals surface area contributed by atoms with Crippen LogP contribution in [-0.4, -0.2) is 41.8 Å². The van der Waals surface area contributed by atoms with Crippen molar-refractivity contribution < 1.29 is 14.3 Å². The van der Waals surface area contributed by atoms with Gasteiger partial charge in [0, 0.05) is 43.5 Å². The first-order valence-corrected chi connectivity index (χ1v) is 8.42. The van der Waals surface area contributed by atoms with Crippen LogP contribution >= 0.6 is 0 Å². The minimum Gasteiger partial charge on any atom is -0.375 e. The Morgan fingerprint density at radius 1 is 1.27 bits per heavy atom. The fraction of sp³-hybridized carbons (Fsp3) is 0.389. The van der Waals surface area contributed by atoms with Gasteiger partial charge in [-0.1, -0.05) is 6.07 Å². The minimum absolute atomic E-state index is 0.0211. The summed E-state index contributed by atoms with van der Waals surface area (Å²) in [4.78, 5) is 27.8. The number of carbonyl (C=O) groups excluding carboxylic acids is 2. The molecule has 8 nitrogen and oxygen atoms in total. The van der Waals surface area contributed by atoms with E-state index in [0.717, 1.165) is 12.0 Å². The molecular formula is C18H25N5O3. The molecule has 26 heavy (non-hydrogen) atoms. The van der Waals surface area contributed by atoms with Crippen LogP contribution in [0.4, 0.5) is 16.2 Å². The number of rotatable bonds is 8. The van der Waals surface area contributed by atoms with E-state index >= 15 is 0 Å². The number of methoxy groups -OCH3 is 1. The summed E-state index contributed by atoms with van der Waals surface area (Å²) >= 11 is 0. The number of ether oxygens (including phenoxy) is 1. The molecule has 0 bridgehead atoms. The lowest BCUT2D eigenvalue weighted by Crippen LogP contribution is -2.31. The van der Waals surface area contributed by atoms with Crippen LogP contribution in [0.1, 0.15) is 24.9 Å². The number of imidazole rings is 1. The molecule has 140 valence electrons. The van der Waals surface area contributed by atoms with Gasteiger partial charge in [-0.2, -0.15) is 0 Å².